The molecule has 0 bridgehead atoms. The third-order valence-corrected chi connectivity index (χ3v) is 2.72. The van der Waals surface area contributed by atoms with Gasteiger partial charge in [-0.05, 0) is 37.1 Å². The lowest BCUT2D eigenvalue weighted by atomic mass is 10.1. The Labute approximate surface area is 116 Å². The van der Waals surface area contributed by atoms with E-state index in [0.717, 1.165) is 5.56 Å². The zero-order chi connectivity index (χ0) is 14.5. The van der Waals surface area contributed by atoms with Gasteiger partial charge in [0.2, 0.25) is 0 Å². The second-order valence-electron chi connectivity index (χ2n) is 4.72. The van der Waals surface area contributed by atoms with Crippen LogP contribution in [0.15, 0.2) is 36.7 Å². The average Bonchev–Trinajstić information content (AvgIpc) is 2.38. The van der Waals surface area contributed by atoms with Gasteiger partial charge in [0, 0.05) is 24.0 Å². The Balaban J connectivity index is 2.12. The van der Waals surface area contributed by atoms with Crippen molar-refractivity contribution < 1.29 is 13.5 Å². The molecule has 5 heteroatoms. The molecule has 0 saturated heterocycles. The van der Waals surface area contributed by atoms with Crippen molar-refractivity contribution in [3.8, 4) is 5.75 Å². The standard InChI is InChI=1S/C15H16F2N2O/c1-10(18)5-12-6-13(16)15(14(17)7-12)20-9-11-3-2-4-19-8-11/h2-4,6-8,10H,5,9,18H2,1H3. The van der Waals surface area contributed by atoms with E-state index in [1.165, 1.54) is 12.1 Å². The second kappa shape index (κ2) is 6.43. The Morgan fingerprint density at radius 3 is 2.50 bits per heavy atom. The number of pyridine rings is 1. The Morgan fingerprint density at radius 1 is 1.25 bits per heavy atom. The summed E-state index contributed by atoms with van der Waals surface area (Å²) in [5.74, 6) is -1.81. The minimum atomic E-state index is -0.718. The molecule has 2 N–H and O–H groups in total. The lowest BCUT2D eigenvalue weighted by molar-refractivity contribution is 0.273. The molecule has 0 fully saturated rings. The van der Waals surface area contributed by atoms with Crippen LogP contribution in [0.3, 0.4) is 0 Å². The first kappa shape index (κ1) is 14.4. The molecular formula is C15H16F2N2O. The number of hydrogen-bond acceptors (Lipinski definition) is 3. The van der Waals surface area contributed by atoms with E-state index in [1.807, 2.05) is 0 Å². The molecule has 1 aromatic heterocycles. The first-order valence-corrected chi connectivity index (χ1v) is 6.31. The molecule has 1 heterocycles. The van der Waals surface area contributed by atoms with Crippen LogP contribution in [0, 0.1) is 11.6 Å². The summed E-state index contributed by atoms with van der Waals surface area (Å²) >= 11 is 0. The molecule has 3 nitrogen and oxygen atoms in total. The van der Waals surface area contributed by atoms with Crippen molar-refractivity contribution in [1.29, 1.82) is 0 Å². The number of benzene rings is 1. The van der Waals surface area contributed by atoms with Crippen molar-refractivity contribution in [3.63, 3.8) is 0 Å². The van der Waals surface area contributed by atoms with E-state index < -0.39 is 11.6 Å². The highest BCUT2D eigenvalue weighted by Crippen LogP contribution is 2.24. The van der Waals surface area contributed by atoms with Gasteiger partial charge in [-0.3, -0.25) is 4.98 Å². The highest BCUT2D eigenvalue weighted by atomic mass is 19.1. The molecule has 2 aromatic rings. The van der Waals surface area contributed by atoms with Gasteiger partial charge in [0.05, 0.1) is 0 Å². The van der Waals surface area contributed by atoms with Gasteiger partial charge >= 0.3 is 0 Å². The lowest BCUT2D eigenvalue weighted by Gasteiger charge is -2.11. The van der Waals surface area contributed by atoms with Crippen LogP contribution in [-0.2, 0) is 13.0 Å². The molecule has 1 unspecified atom stereocenters. The summed E-state index contributed by atoms with van der Waals surface area (Å²) in [5, 5.41) is 0. The fourth-order valence-electron chi connectivity index (χ4n) is 1.88. The number of aromatic nitrogens is 1. The predicted octanol–water partition coefficient (Wildman–Crippen LogP) is 2.83. The molecule has 0 aliphatic rings. The SMILES string of the molecule is CC(N)Cc1cc(F)c(OCc2cccnc2)c(F)c1. The maximum absolute atomic E-state index is 13.8. The molecule has 1 aromatic carbocycles. The molecule has 20 heavy (non-hydrogen) atoms. The summed E-state index contributed by atoms with van der Waals surface area (Å²) in [4.78, 5) is 3.91. The normalized spacial score (nSPS) is 12.2. The Hall–Kier alpha value is -2.01. The van der Waals surface area contributed by atoms with Gasteiger partial charge in [0.1, 0.15) is 6.61 Å². The number of ether oxygens (including phenoxy) is 1. The summed E-state index contributed by atoms with van der Waals surface area (Å²) in [6.45, 7) is 1.84. The van der Waals surface area contributed by atoms with E-state index in [9.17, 15) is 8.78 Å². The van der Waals surface area contributed by atoms with E-state index in [4.69, 9.17) is 10.5 Å². The Kier molecular flexibility index (Phi) is 4.63. The lowest BCUT2D eigenvalue weighted by Crippen LogP contribution is -2.18. The number of nitrogens with zero attached hydrogens (tertiary/aromatic N) is 1. The van der Waals surface area contributed by atoms with Crippen molar-refractivity contribution in [2.45, 2.75) is 26.0 Å². The maximum Gasteiger partial charge on any atom is 0.191 e. The minimum Gasteiger partial charge on any atom is -0.483 e. The van der Waals surface area contributed by atoms with Gasteiger partial charge in [-0.1, -0.05) is 6.07 Å². The number of halogens is 2. The third kappa shape index (κ3) is 3.74. The van der Waals surface area contributed by atoms with Crippen LogP contribution in [0.25, 0.3) is 0 Å². The zero-order valence-corrected chi connectivity index (χ0v) is 11.1. The summed E-state index contributed by atoms with van der Waals surface area (Å²) in [5.41, 5.74) is 6.87. The fraction of sp³-hybridized carbons (Fsp3) is 0.267. The zero-order valence-electron chi connectivity index (χ0n) is 11.1. The number of hydrogen-bond donors (Lipinski definition) is 1. The smallest absolute Gasteiger partial charge is 0.191 e. The summed E-state index contributed by atoms with van der Waals surface area (Å²) in [7, 11) is 0. The molecule has 0 saturated carbocycles. The fourth-order valence-corrected chi connectivity index (χ4v) is 1.88. The van der Waals surface area contributed by atoms with E-state index in [-0.39, 0.29) is 18.4 Å². The predicted molar refractivity (Wildman–Crippen MR) is 72.3 cm³/mol. The molecule has 0 amide bonds. The van der Waals surface area contributed by atoms with Crippen LogP contribution < -0.4 is 10.5 Å². The largest absolute Gasteiger partial charge is 0.483 e. The molecule has 1 atom stereocenters. The van der Waals surface area contributed by atoms with E-state index in [2.05, 4.69) is 4.98 Å². The van der Waals surface area contributed by atoms with Gasteiger partial charge in [0.15, 0.2) is 17.4 Å². The quantitative estimate of drug-likeness (QED) is 0.915. The van der Waals surface area contributed by atoms with Crippen LogP contribution >= 0.6 is 0 Å². The first-order valence-electron chi connectivity index (χ1n) is 6.31. The highest BCUT2D eigenvalue weighted by molar-refractivity contribution is 5.32. The molecular weight excluding hydrogens is 262 g/mol. The van der Waals surface area contributed by atoms with Crippen LogP contribution in [0.5, 0.6) is 5.75 Å². The summed E-state index contributed by atoms with van der Waals surface area (Å²) < 4.78 is 32.9. The molecule has 106 valence electrons. The number of nitrogens with two attached hydrogens (primary N) is 1. The summed E-state index contributed by atoms with van der Waals surface area (Å²) in [6.07, 6.45) is 3.62. The van der Waals surface area contributed by atoms with Gasteiger partial charge in [-0.15, -0.1) is 0 Å². The van der Waals surface area contributed by atoms with Crippen LogP contribution in [0.4, 0.5) is 8.78 Å². The maximum atomic E-state index is 13.8. The highest BCUT2D eigenvalue weighted by Gasteiger charge is 2.13. The van der Waals surface area contributed by atoms with Gasteiger partial charge in [-0.2, -0.15) is 0 Å². The second-order valence-corrected chi connectivity index (χ2v) is 4.72. The monoisotopic (exact) mass is 278 g/mol. The molecule has 2 rings (SSSR count). The summed E-state index contributed by atoms with van der Waals surface area (Å²) in [6, 6.07) is 5.86. The molecule has 0 radical (unpaired) electrons. The van der Waals surface area contributed by atoms with Crippen molar-refractivity contribution in [2.75, 3.05) is 0 Å². The van der Waals surface area contributed by atoms with Crippen molar-refractivity contribution in [1.82, 2.24) is 4.98 Å². The topological polar surface area (TPSA) is 48.1 Å². The first-order chi connectivity index (χ1) is 9.56. The molecule has 0 aliphatic carbocycles. The minimum absolute atomic E-state index is 0.0638. The van der Waals surface area contributed by atoms with Crippen LogP contribution in [-0.4, -0.2) is 11.0 Å². The van der Waals surface area contributed by atoms with Crippen molar-refractivity contribution >= 4 is 0 Å². The van der Waals surface area contributed by atoms with Gasteiger partial charge in [0.25, 0.3) is 0 Å². The van der Waals surface area contributed by atoms with Gasteiger partial charge in [-0.25, -0.2) is 8.78 Å². The third-order valence-electron chi connectivity index (χ3n) is 2.72. The van der Waals surface area contributed by atoms with Crippen molar-refractivity contribution in [3.05, 3.63) is 59.4 Å². The Bertz CT molecular complexity index is 550. The average molecular weight is 278 g/mol. The van der Waals surface area contributed by atoms with Crippen molar-refractivity contribution in [2.24, 2.45) is 5.73 Å². The van der Waals surface area contributed by atoms with Gasteiger partial charge < -0.3 is 10.5 Å². The van der Waals surface area contributed by atoms with E-state index in [1.54, 1.807) is 31.5 Å². The Morgan fingerprint density at radius 2 is 1.95 bits per heavy atom. The molecule has 0 aliphatic heterocycles. The van der Waals surface area contributed by atoms with Crippen LogP contribution in [0.1, 0.15) is 18.1 Å². The van der Waals surface area contributed by atoms with E-state index >= 15 is 0 Å². The molecule has 0 spiro atoms. The number of rotatable bonds is 5. The van der Waals surface area contributed by atoms with Crippen LogP contribution in [0.2, 0.25) is 0 Å². The van der Waals surface area contributed by atoms with E-state index in [0.29, 0.717) is 12.0 Å².